The molecule has 0 spiro atoms. The molecule has 0 amide bonds. The molecule has 0 heterocycles. The van der Waals surface area contributed by atoms with Crippen LogP contribution in [0.1, 0.15) is 9.16 Å². The van der Waals surface area contributed by atoms with E-state index >= 15 is 0 Å². The van der Waals surface area contributed by atoms with E-state index in [0.717, 1.165) is 0 Å². The van der Waals surface area contributed by atoms with Gasteiger partial charge in [-0.15, -0.1) is 0 Å². The first kappa shape index (κ1) is 5.97. The summed E-state index contributed by atoms with van der Waals surface area (Å²) in [5.74, 6) is -1.18. The topological polar surface area (TPSA) is 57.5 Å². The first-order valence-electron chi connectivity index (χ1n) is 4.69. The van der Waals surface area contributed by atoms with Crippen LogP contribution < -0.4 is 0 Å². The summed E-state index contributed by atoms with van der Waals surface area (Å²) in [4.78, 5) is 10.4. The molecule has 0 radical (unpaired) electrons. The molecule has 0 bridgehead atoms. The van der Waals surface area contributed by atoms with Crippen LogP contribution >= 0.6 is 0 Å². The molecule has 0 unspecified atom stereocenters. The Bertz CT molecular complexity index is 215. The van der Waals surface area contributed by atoms with Gasteiger partial charge in [-0.3, -0.25) is 4.79 Å². The van der Waals surface area contributed by atoms with E-state index in [-0.39, 0.29) is 4.48 Å². The number of carbonyl (C=O) groups is 1. The van der Waals surface area contributed by atoms with E-state index < -0.39 is 25.0 Å². The van der Waals surface area contributed by atoms with Crippen molar-refractivity contribution in [3.05, 3.63) is 0 Å². The molecule has 1 atom stereocenters. The summed E-state index contributed by atoms with van der Waals surface area (Å²) in [5.41, 5.74) is 0. The average Bonchev–Trinajstić information content (AvgIpc) is 1.97. The molecule has 0 aromatic carbocycles. The predicted molar refractivity (Wildman–Crippen MR) is 41.2 cm³/mol. The third kappa shape index (κ3) is 7.29. The molecule has 4 heteroatoms. The van der Waals surface area contributed by atoms with Gasteiger partial charge in [-0.25, -0.2) is 0 Å². The third-order valence-electron chi connectivity index (χ3n) is 0.891. The Morgan fingerprint density at radius 3 is 2.55 bits per heavy atom. The van der Waals surface area contributed by atoms with E-state index in [4.69, 9.17) is 9.28 Å². The van der Waals surface area contributed by atoms with Crippen LogP contribution in [-0.4, -0.2) is 55.8 Å². The van der Waals surface area contributed by atoms with E-state index in [1.54, 1.807) is 21.1 Å². The number of aliphatic hydroxyl groups excluding tert-OH is 1. The van der Waals surface area contributed by atoms with E-state index in [1.165, 1.54) is 0 Å². The minimum absolute atomic E-state index is 0.121. The van der Waals surface area contributed by atoms with Gasteiger partial charge in [-0.1, -0.05) is 0 Å². The Morgan fingerprint density at radius 2 is 2.27 bits per heavy atom. The lowest BCUT2D eigenvalue weighted by Crippen LogP contribution is -2.42. The maximum atomic E-state index is 10.4. The van der Waals surface area contributed by atoms with Crippen LogP contribution in [0, 0.1) is 0 Å². The number of rotatable bonds is 5. The van der Waals surface area contributed by atoms with Gasteiger partial charge in [0, 0.05) is 0 Å². The van der Waals surface area contributed by atoms with Gasteiger partial charge in [-0.2, -0.15) is 0 Å². The number of quaternary nitrogens is 1. The largest absolute Gasteiger partial charge is 0.481 e. The fourth-order valence-corrected chi connectivity index (χ4v) is 0.636. The van der Waals surface area contributed by atoms with Gasteiger partial charge in [-0.05, 0) is 0 Å². The summed E-state index contributed by atoms with van der Waals surface area (Å²) in [6.07, 6.45) is -1.80. The Labute approximate surface area is 71.0 Å². The van der Waals surface area contributed by atoms with Gasteiger partial charge in [0.05, 0.1) is 30.3 Å². The second-order valence-corrected chi connectivity index (χ2v) is 3.23. The number of carboxylic acids is 1. The monoisotopic (exact) mass is 165 g/mol. The second-order valence-electron chi connectivity index (χ2n) is 3.23. The van der Waals surface area contributed by atoms with Crippen molar-refractivity contribution in [3.8, 4) is 0 Å². The fourth-order valence-electron chi connectivity index (χ4n) is 0.636. The molecule has 0 aliphatic heterocycles. The second kappa shape index (κ2) is 3.69. The maximum Gasteiger partial charge on any atom is 0.306 e. The van der Waals surface area contributed by atoms with Crippen LogP contribution in [0.25, 0.3) is 0 Å². The van der Waals surface area contributed by atoms with Crippen LogP contribution in [0.2, 0.25) is 0 Å². The van der Waals surface area contributed by atoms with E-state index in [2.05, 4.69) is 5.11 Å². The van der Waals surface area contributed by atoms with Crippen molar-refractivity contribution in [2.45, 2.75) is 12.5 Å². The normalized spacial score (nSPS) is 19.7. The van der Waals surface area contributed by atoms with Crippen LogP contribution in [0.4, 0.5) is 0 Å². The minimum atomic E-state index is -1.92. The zero-order chi connectivity index (χ0) is 11.6. The molecule has 0 aliphatic rings. The zero-order valence-electron chi connectivity index (χ0n) is 10.00. The van der Waals surface area contributed by atoms with Crippen molar-refractivity contribution < 1.29 is 22.2 Å². The van der Waals surface area contributed by atoms with E-state index in [9.17, 15) is 4.79 Å². The van der Waals surface area contributed by atoms with Crippen LogP contribution in [0.5, 0.6) is 0 Å². The summed E-state index contributed by atoms with van der Waals surface area (Å²) >= 11 is 0. The molecule has 0 saturated carbocycles. The maximum absolute atomic E-state index is 10.4. The number of likely N-dealkylation sites (N-methyl/N-ethyl adjacent to an activating group) is 1. The molecule has 0 fully saturated rings. The molecule has 0 saturated heterocycles. The highest BCUT2D eigenvalue weighted by Gasteiger charge is 2.17. The molecule has 66 valence electrons. The lowest BCUT2D eigenvalue weighted by atomic mass is 10.2. The van der Waals surface area contributed by atoms with Crippen LogP contribution in [-0.2, 0) is 4.79 Å². The molecular weight excluding hydrogens is 146 g/mol. The van der Waals surface area contributed by atoms with Crippen molar-refractivity contribution in [2.75, 3.05) is 27.6 Å². The molecular formula is C7H16NO3+. The van der Waals surface area contributed by atoms with Crippen molar-refractivity contribution in [3.63, 3.8) is 0 Å². The number of carboxylic acid groups (broad SMARTS) is 1. The zero-order valence-corrected chi connectivity index (χ0v) is 7.00. The number of nitrogens with zero attached hydrogens (tertiary/aromatic N) is 1. The summed E-state index contributed by atoms with van der Waals surface area (Å²) in [7, 11) is 4.73. The first-order valence-corrected chi connectivity index (χ1v) is 3.28. The highest BCUT2D eigenvalue weighted by molar-refractivity contribution is 5.67. The fraction of sp³-hybridized carbons (Fsp3) is 0.857. The molecule has 2 N–H and O–H groups in total. The van der Waals surface area contributed by atoms with Gasteiger partial charge in [0.2, 0.25) is 1.43 Å². The Kier molecular flexibility index (Phi) is 2.00. The minimum Gasteiger partial charge on any atom is -0.481 e. The summed E-state index contributed by atoms with van der Waals surface area (Å²) in [5, 5.41) is 12.6. The lowest BCUT2D eigenvalue weighted by Gasteiger charge is -2.25. The SMILES string of the molecule is [2H]O[C@H](CC(=O)O)C([2H])([2H])[N+](C)(C)C. The molecule has 0 aliphatic carbocycles. The van der Waals surface area contributed by atoms with Crippen molar-refractivity contribution >= 4 is 5.97 Å². The Balaban J connectivity index is 4.74. The summed E-state index contributed by atoms with van der Waals surface area (Å²) < 4.78 is 21.9. The Morgan fingerprint density at radius 1 is 1.73 bits per heavy atom. The number of aliphatic hydroxyl groups is 1. The average molecular weight is 165 g/mol. The van der Waals surface area contributed by atoms with Crippen molar-refractivity contribution in [1.82, 2.24) is 0 Å². The predicted octanol–water partition coefficient (Wildman–Crippen LogP) is -0.472. The standard InChI is InChI=1S/C7H15NO3/c1-8(2,3)5-6(9)4-7(10)11/h6,9H,4-5H2,1-3H3/p+1/t6-/m1/s1/i5D2,9D. The highest BCUT2D eigenvalue weighted by atomic mass is 16.4. The summed E-state index contributed by atoms with van der Waals surface area (Å²) in [6, 6.07) is 0. The third-order valence-corrected chi connectivity index (χ3v) is 0.891. The van der Waals surface area contributed by atoms with E-state index in [0.29, 0.717) is 0 Å². The number of hydrogen-bond donors (Lipinski definition) is 2. The quantitative estimate of drug-likeness (QED) is 0.541. The molecule has 0 aromatic heterocycles. The van der Waals surface area contributed by atoms with Crippen LogP contribution in [0.15, 0.2) is 0 Å². The van der Waals surface area contributed by atoms with Gasteiger partial charge in [0.15, 0.2) is 0 Å². The van der Waals surface area contributed by atoms with Gasteiger partial charge in [0.25, 0.3) is 0 Å². The number of hydrogen-bond acceptors (Lipinski definition) is 2. The molecule has 11 heavy (non-hydrogen) atoms. The van der Waals surface area contributed by atoms with Gasteiger partial charge >= 0.3 is 5.97 Å². The van der Waals surface area contributed by atoms with Gasteiger partial charge < -0.3 is 14.7 Å². The summed E-state index contributed by atoms with van der Waals surface area (Å²) in [6.45, 7) is -1.92. The van der Waals surface area contributed by atoms with E-state index in [1.807, 2.05) is 0 Å². The molecule has 4 nitrogen and oxygen atoms in total. The van der Waals surface area contributed by atoms with Gasteiger partial charge in [0.1, 0.15) is 12.6 Å². The van der Waals surface area contributed by atoms with Crippen LogP contribution in [0.3, 0.4) is 0 Å². The Hall–Kier alpha value is -0.610. The first-order chi connectivity index (χ1) is 6.13. The number of aliphatic carboxylic acids is 1. The van der Waals surface area contributed by atoms with Crippen molar-refractivity contribution in [2.24, 2.45) is 0 Å². The smallest absolute Gasteiger partial charge is 0.306 e. The molecule has 0 aromatic rings. The molecule has 0 rings (SSSR count). The lowest BCUT2D eigenvalue weighted by molar-refractivity contribution is -0.873. The highest BCUT2D eigenvalue weighted by Crippen LogP contribution is 1.98. The van der Waals surface area contributed by atoms with Crippen molar-refractivity contribution in [1.29, 1.82) is 1.43 Å².